The average molecular weight is 408 g/mol. The van der Waals surface area contributed by atoms with Crippen LogP contribution in [0.15, 0.2) is 46.8 Å². The fourth-order valence-corrected chi connectivity index (χ4v) is 4.19. The first-order valence-electron chi connectivity index (χ1n) is 7.90. The third-order valence-corrected chi connectivity index (χ3v) is 5.55. The highest BCUT2D eigenvalue weighted by molar-refractivity contribution is 8.01. The molecule has 0 saturated carbocycles. The van der Waals surface area contributed by atoms with Crippen LogP contribution in [0.1, 0.15) is 6.42 Å². The zero-order valence-electron chi connectivity index (χ0n) is 13.9. The molecule has 140 valence electrons. The van der Waals surface area contributed by atoms with Crippen molar-refractivity contribution < 1.29 is 23.1 Å². The largest absolute Gasteiger partial charge is 0.456 e. The SMILES string of the molecule is O=C(COC(=O)CCSc1nc2ccccc2s1)Nc1cc(F)ccc1F. The van der Waals surface area contributed by atoms with Crippen LogP contribution in [0, 0.1) is 11.6 Å². The number of hydrogen-bond acceptors (Lipinski definition) is 6. The van der Waals surface area contributed by atoms with E-state index >= 15 is 0 Å². The van der Waals surface area contributed by atoms with Gasteiger partial charge < -0.3 is 10.1 Å². The lowest BCUT2D eigenvalue weighted by atomic mass is 10.3. The standard InChI is InChI=1S/C18H14F2N2O3S2/c19-11-5-6-12(20)14(9-11)21-16(23)10-25-17(24)7-8-26-18-22-13-3-1-2-4-15(13)27-18/h1-6,9H,7-8,10H2,(H,21,23). The minimum Gasteiger partial charge on any atom is -0.456 e. The third-order valence-electron chi connectivity index (χ3n) is 3.37. The second kappa shape index (κ2) is 8.92. The predicted octanol–water partition coefficient (Wildman–Crippen LogP) is 4.24. The summed E-state index contributed by atoms with van der Waals surface area (Å²) in [5, 5.41) is 2.16. The van der Waals surface area contributed by atoms with E-state index in [1.807, 2.05) is 24.3 Å². The Kier molecular flexibility index (Phi) is 6.36. The van der Waals surface area contributed by atoms with Gasteiger partial charge in [0, 0.05) is 11.8 Å². The molecule has 5 nitrogen and oxygen atoms in total. The summed E-state index contributed by atoms with van der Waals surface area (Å²) in [6, 6.07) is 10.4. The summed E-state index contributed by atoms with van der Waals surface area (Å²) < 4.78 is 33.3. The van der Waals surface area contributed by atoms with E-state index in [2.05, 4.69) is 10.3 Å². The van der Waals surface area contributed by atoms with Gasteiger partial charge in [0.2, 0.25) is 0 Å². The van der Waals surface area contributed by atoms with Gasteiger partial charge in [-0.2, -0.15) is 0 Å². The maximum absolute atomic E-state index is 13.4. The number of hydrogen-bond donors (Lipinski definition) is 1. The molecule has 1 amide bonds. The molecule has 0 spiro atoms. The average Bonchev–Trinajstić information content (AvgIpc) is 3.06. The van der Waals surface area contributed by atoms with Gasteiger partial charge in [0.15, 0.2) is 10.9 Å². The molecule has 0 fully saturated rings. The van der Waals surface area contributed by atoms with E-state index in [4.69, 9.17) is 4.74 Å². The molecular formula is C18H14F2N2O3S2. The number of anilines is 1. The normalized spacial score (nSPS) is 10.7. The molecular weight excluding hydrogens is 394 g/mol. The van der Waals surface area contributed by atoms with Gasteiger partial charge in [0.05, 0.1) is 22.3 Å². The van der Waals surface area contributed by atoms with Gasteiger partial charge in [-0.15, -0.1) is 11.3 Å². The molecule has 0 atom stereocenters. The molecule has 3 aromatic rings. The zero-order chi connectivity index (χ0) is 19.2. The molecule has 0 unspecified atom stereocenters. The van der Waals surface area contributed by atoms with Crippen molar-refractivity contribution in [2.45, 2.75) is 10.8 Å². The van der Waals surface area contributed by atoms with Crippen molar-refractivity contribution in [1.29, 1.82) is 0 Å². The number of para-hydroxylation sites is 1. The zero-order valence-corrected chi connectivity index (χ0v) is 15.5. The monoisotopic (exact) mass is 408 g/mol. The Hall–Kier alpha value is -2.52. The number of thioether (sulfide) groups is 1. The highest BCUT2D eigenvalue weighted by atomic mass is 32.2. The molecule has 27 heavy (non-hydrogen) atoms. The minimum absolute atomic E-state index is 0.0994. The van der Waals surface area contributed by atoms with E-state index in [0.29, 0.717) is 5.75 Å². The number of amides is 1. The van der Waals surface area contributed by atoms with E-state index < -0.39 is 30.1 Å². The Morgan fingerprint density at radius 2 is 2.00 bits per heavy atom. The summed E-state index contributed by atoms with van der Waals surface area (Å²) >= 11 is 2.97. The van der Waals surface area contributed by atoms with Crippen molar-refractivity contribution in [2.75, 3.05) is 17.7 Å². The molecule has 2 aromatic carbocycles. The molecule has 1 heterocycles. The molecule has 0 aliphatic rings. The molecule has 9 heteroatoms. The van der Waals surface area contributed by atoms with Crippen molar-refractivity contribution in [1.82, 2.24) is 4.98 Å². The van der Waals surface area contributed by atoms with Crippen molar-refractivity contribution in [3.05, 3.63) is 54.1 Å². The number of nitrogens with one attached hydrogen (secondary N) is 1. The van der Waals surface area contributed by atoms with Crippen LogP contribution in [-0.4, -0.2) is 29.2 Å². The van der Waals surface area contributed by atoms with E-state index in [1.54, 1.807) is 11.3 Å². The number of rotatable bonds is 7. The molecule has 0 aliphatic carbocycles. The smallest absolute Gasteiger partial charge is 0.307 e. The van der Waals surface area contributed by atoms with Crippen LogP contribution < -0.4 is 5.32 Å². The summed E-state index contributed by atoms with van der Waals surface area (Å²) in [7, 11) is 0. The van der Waals surface area contributed by atoms with Gasteiger partial charge in [0.25, 0.3) is 5.91 Å². The molecule has 0 radical (unpaired) electrons. The maximum Gasteiger partial charge on any atom is 0.307 e. The first-order valence-corrected chi connectivity index (χ1v) is 9.70. The Labute approximate surface area is 161 Å². The van der Waals surface area contributed by atoms with Crippen LogP contribution in [-0.2, 0) is 14.3 Å². The predicted molar refractivity (Wildman–Crippen MR) is 101 cm³/mol. The van der Waals surface area contributed by atoms with Crippen molar-refractivity contribution >= 4 is 50.9 Å². The second-order valence-corrected chi connectivity index (χ2v) is 7.75. The first kappa shape index (κ1) is 19.2. The Balaban J connectivity index is 1.40. The lowest BCUT2D eigenvalue weighted by Gasteiger charge is -2.07. The van der Waals surface area contributed by atoms with Gasteiger partial charge in [-0.3, -0.25) is 9.59 Å². The topological polar surface area (TPSA) is 68.3 Å². The Bertz CT molecular complexity index is 945. The van der Waals surface area contributed by atoms with Gasteiger partial charge >= 0.3 is 5.97 Å². The summed E-state index contributed by atoms with van der Waals surface area (Å²) in [5.41, 5.74) is 0.608. The number of fused-ring (bicyclic) bond motifs is 1. The third kappa shape index (κ3) is 5.48. The highest BCUT2D eigenvalue weighted by Crippen LogP contribution is 2.29. The molecule has 1 N–H and O–H groups in total. The number of ether oxygens (including phenoxy) is 1. The molecule has 0 aliphatic heterocycles. The van der Waals surface area contributed by atoms with E-state index in [9.17, 15) is 18.4 Å². The quantitative estimate of drug-likeness (QED) is 0.468. The number of aromatic nitrogens is 1. The number of halogens is 2. The fourth-order valence-electron chi connectivity index (χ4n) is 2.13. The number of carbonyl (C=O) groups excluding carboxylic acids is 2. The lowest BCUT2D eigenvalue weighted by Crippen LogP contribution is -2.21. The maximum atomic E-state index is 13.4. The first-order chi connectivity index (χ1) is 13.0. The van der Waals surface area contributed by atoms with Crippen molar-refractivity contribution in [3.63, 3.8) is 0 Å². The van der Waals surface area contributed by atoms with Crippen LogP contribution in [0.4, 0.5) is 14.5 Å². The summed E-state index contributed by atoms with van der Waals surface area (Å²) in [4.78, 5) is 27.8. The van der Waals surface area contributed by atoms with Crippen molar-refractivity contribution in [2.24, 2.45) is 0 Å². The van der Waals surface area contributed by atoms with Crippen LogP contribution in [0.3, 0.4) is 0 Å². The van der Waals surface area contributed by atoms with Crippen LogP contribution in [0.2, 0.25) is 0 Å². The Morgan fingerprint density at radius 3 is 2.81 bits per heavy atom. The summed E-state index contributed by atoms with van der Waals surface area (Å²) in [6.07, 6.45) is 0.0994. The molecule has 1 aromatic heterocycles. The van der Waals surface area contributed by atoms with Gasteiger partial charge in [0.1, 0.15) is 11.6 Å². The summed E-state index contributed by atoms with van der Waals surface area (Å²) in [5.74, 6) is -2.30. The summed E-state index contributed by atoms with van der Waals surface area (Å²) in [6.45, 7) is -0.569. The van der Waals surface area contributed by atoms with Gasteiger partial charge in [-0.1, -0.05) is 23.9 Å². The Morgan fingerprint density at radius 1 is 1.19 bits per heavy atom. The number of thiazole rings is 1. The number of benzene rings is 2. The van der Waals surface area contributed by atoms with Crippen LogP contribution >= 0.6 is 23.1 Å². The highest BCUT2D eigenvalue weighted by Gasteiger charge is 2.12. The lowest BCUT2D eigenvalue weighted by molar-refractivity contribution is -0.146. The number of esters is 1. The van der Waals surface area contributed by atoms with E-state index in [1.165, 1.54) is 11.8 Å². The molecule has 0 saturated heterocycles. The van der Waals surface area contributed by atoms with Crippen molar-refractivity contribution in [3.8, 4) is 0 Å². The van der Waals surface area contributed by atoms with Gasteiger partial charge in [-0.25, -0.2) is 13.8 Å². The van der Waals surface area contributed by atoms with Gasteiger partial charge in [-0.05, 0) is 24.3 Å². The van der Waals surface area contributed by atoms with Crippen LogP contribution in [0.25, 0.3) is 10.2 Å². The van der Waals surface area contributed by atoms with E-state index in [0.717, 1.165) is 32.8 Å². The fraction of sp³-hybridized carbons (Fsp3) is 0.167. The molecule has 0 bridgehead atoms. The number of nitrogens with zero attached hydrogens (tertiary/aromatic N) is 1. The number of carbonyl (C=O) groups is 2. The second-order valence-electron chi connectivity index (χ2n) is 5.38. The molecule has 3 rings (SSSR count). The minimum atomic E-state index is -0.775. The van der Waals surface area contributed by atoms with Crippen LogP contribution in [0.5, 0.6) is 0 Å². The van der Waals surface area contributed by atoms with E-state index in [-0.39, 0.29) is 12.1 Å².